The number of hydrogen-bond donors (Lipinski definition) is 1. The summed E-state index contributed by atoms with van der Waals surface area (Å²) in [6.45, 7) is 4.59. The highest BCUT2D eigenvalue weighted by molar-refractivity contribution is 5.87. The molecule has 1 atom stereocenters. The van der Waals surface area contributed by atoms with Crippen molar-refractivity contribution in [3.05, 3.63) is 0 Å². The first kappa shape index (κ1) is 11.7. The molecule has 3 rings (SSSR count). The van der Waals surface area contributed by atoms with Gasteiger partial charge in [0.1, 0.15) is 5.78 Å². The molecular weight excluding hydrogens is 210 g/mol. The highest BCUT2D eigenvalue weighted by Crippen LogP contribution is 2.60. The van der Waals surface area contributed by atoms with Gasteiger partial charge in [-0.1, -0.05) is 19.8 Å². The molecule has 1 spiro atoms. The summed E-state index contributed by atoms with van der Waals surface area (Å²) in [5.41, 5.74) is 0.450. The Morgan fingerprint density at radius 2 is 1.76 bits per heavy atom. The molecule has 3 aliphatic rings. The fourth-order valence-corrected chi connectivity index (χ4v) is 4.06. The lowest BCUT2D eigenvalue weighted by molar-refractivity contribution is -0.126. The van der Waals surface area contributed by atoms with Gasteiger partial charge in [0.15, 0.2) is 0 Å². The molecule has 0 aromatic carbocycles. The summed E-state index contributed by atoms with van der Waals surface area (Å²) >= 11 is 0. The highest BCUT2D eigenvalue weighted by Gasteiger charge is 2.58. The standard InChI is InChI=1S/C15H25NO/c1-11-2-4-12(5-3-11)14(17)13-10-15(13)6-8-16-9-7-15/h11-13,16H,2-10H2,1H3. The summed E-state index contributed by atoms with van der Waals surface area (Å²) in [6.07, 6.45) is 8.59. The minimum absolute atomic E-state index is 0.422. The van der Waals surface area contributed by atoms with Crippen LogP contribution in [-0.4, -0.2) is 18.9 Å². The predicted molar refractivity (Wildman–Crippen MR) is 68.8 cm³/mol. The van der Waals surface area contributed by atoms with Gasteiger partial charge in [-0.15, -0.1) is 0 Å². The minimum atomic E-state index is 0.422. The second-order valence-electron chi connectivity index (χ2n) is 6.73. The fraction of sp³-hybridized carbons (Fsp3) is 0.933. The van der Waals surface area contributed by atoms with Gasteiger partial charge in [-0.3, -0.25) is 4.79 Å². The van der Waals surface area contributed by atoms with Crippen molar-refractivity contribution in [2.45, 2.75) is 51.9 Å². The third-order valence-corrected chi connectivity index (χ3v) is 5.55. The van der Waals surface area contributed by atoms with E-state index in [1.807, 2.05) is 0 Å². The third-order valence-electron chi connectivity index (χ3n) is 5.55. The number of carbonyl (C=O) groups is 1. The van der Waals surface area contributed by atoms with Crippen molar-refractivity contribution < 1.29 is 4.79 Å². The fourth-order valence-electron chi connectivity index (χ4n) is 4.06. The lowest BCUT2D eigenvalue weighted by Crippen LogP contribution is -2.32. The molecule has 0 bridgehead atoms. The highest BCUT2D eigenvalue weighted by atomic mass is 16.1. The van der Waals surface area contributed by atoms with Gasteiger partial charge in [0.25, 0.3) is 0 Å². The van der Waals surface area contributed by atoms with Crippen molar-refractivity contribution in [1.82, 2.24) is 5.32 Å². The molecule has 1 aliphatic heterocycles. The van der Waals surface area contributed by atoms with Crippen LogP contribution in [0, 0.1) is 23.2 Å². The Kier molecular flexibility index (Phi) is 3.02. The van der Waals surface area contributed by atoms with E-state index in [4.69, 9.17) is 0 Å². The number of carbonyl (C=O) groups excluding carboxylic acids is 1. The molecule has 1 heterocycles. The number of hydrogen-bond acceptors (Lipinski definition) is 2. The van der Waals surface area contributed by atoms with E-state index in [2.05, 4.69) is 12.2 Å². The van der Waals surface area contributed by atoms with Gasteiger partial charge in [-0.2, -0.15) is 0 Å². The largest absolute Gasteiger partial charge is 0.317 e. The number of ketones is 1. The summed E-state index contributed by atoms with van der Waals surface area (Å²) < 4.78 is 0. The second-order valence-corrected chi connectivity index (χ2v) is 6.73. The van der Waals surface area contributed by atoms with Gasteiger partial charge >= 0.3 is 0 Å². The van der Waals surface area contributed by atoms with Gasteiger partial charge < -0.3 is 5.32 Å². The summed E-state index contributed by atoms with van der Waals surface area (Å²) in [4.78, 5) is 12.5. The molecule has 0 aromatic heterocycles. The molecule has 17 heavy (non-hydrogen) atoms. The molecule has 96 valence electrons. The van der Waals surface area contributed by atoms with Crippen molar-refractivity contribution in [2.75, 3.05) is 13.1 Å². The SMILES string of the molecule is CC1CCC(C(=O)C2CC23CCNCC3)CC1. The van der Waals surface area contributed by atoms with Crippen molar-refractivity contribution in [3.63, 3.8) is 0 Å². The Morgan fingerprint density at radius 3 is 2.41 bits per heavy atom. The molecule has 2 heteroatoms. The van der Waals surface area contributed by atoms with Crippen LogP contribution in [0.3, 0.4) is 0 Å². The lowest BCUT2D eigenvalue weighted by Gasteiger charge is -2.27. The molecular formula is C15H25NO. The van der Waals surface area contributed by atoms with E-state index in [9.17, 15) is 4.79 Å². The lowest BCUT2D eigenvalue weighted by atomic mass is 9.78. The van der Waals surface area contributed by atoms with Crippen LogP contribution < -0.4 is 5.32 Å². The average molecular weight is 235 g/mol. The zero-order valence-electron chi connectivity index (χ0n) is 11.0. The predicted octanol–water partition coefficient (Wildman–Crippen LogP) is 2.77. The van der Waals surface area contributed by atoms with Crippen LogP contribution in [0.5, 0.6) is 0 Å². The number of rotatable bonds is 2. The van der Waals surface area contributed by atoms with Crippen LogP contribution >= 0.6 is 0 Å². The maximum Gasteiger partial charge on any atom is 0.139 e. The first-order valence-corrected chi connectivity index (χ1v) is 7.46. The van der Waals surface area contributed by atoms with Crippen molar-refractivity contribution in [3.8, 4) is 0 Å². The normalized spacial score (nSPS) is 40.2. The Balaban J connectivity index is 1.57. The monoisotopic (exact) mass is 235 g/mol. The first-order valence-electron chi connectivity index (χ1n) is 7.46. The van der Waals surface area contributed by atoms with Gasteiger partial charge in [0.05, 0.1) is 0 Å². The maximum atomic E-state index is 12.5. The van der Waals surface area contributed by atoms with Crippen LogP contribution in [0.1, 0.15) is 51.9 Å². The number of piperidine rings is 1. The van der Waals surface area contributed by atoms with Crippen LogP contribution in [0.4, 0.5) is 0 Å². The average Bonchev–Trinajstić information content (AvgIpc) is 3.04. The van der Waals surface area contributed by atoms with E-state index in [1.54, 1.807) is 0 Å². The second kappa shape index (κ2) is 4.38. The molecule has 2 aliphatic carbocycles. The molecule has 1 N–H and O–H groups in total. The van der Waals surface area contributed by atoms with E-state index in [1.165, 1.54) is 44.9 Å². The molecule has 2 nitrogen and oxygen atoms in total. The Bertz CT molecular complexity index is 298. The Hall–Kier alpha value is -0.370. The van der Waals surface area contributed by atoms with Crippen molar-refractivity contribution >= 4 is 5.78 Å². The van der Waals surface area contributed by atoms with E-state index in [0.29, 0.717) is 23.0 Å². The van der Waals surface area contributed by atoms with Gasteiger partial charge in [-0.05, 0) is 56.5 Å². The summed E-state index contributed by atoms with van der Waals surface area (Å²) in [5.74, 6) is 2.36. The van der Waals surface area contributed by atoms with Crippen molar-refractivity contribution in [1.29, 1.82) is 0 Å². The van der Waals surface area contributed by atoms with E-state index >= 15 is 0 Å². The van der Waals surface area contributed by atoms with Crippen molar-refractivity contribution in [2.24, 2.45) is 23.2 Å². The molecule has 0 amide bonds. The zero-order chi connectivity index (χ0) is 11.9. The van der Waals surface area contributed by atoms with E-state index < -0.39 is 0 Å². The molecule has 3 fully saturated rings. The smallest absolute Gasteiger partial charge is 0.139 e. The third kappa shape index (κ3) is 2.16. The van der Waals surface area contributed by atoms with Crippen LogP contribution in [-0.2, 0) is 4.79 Å². The quantitative estimate of drug-likeness (QED) is 0.797. The molecule has 2 saturated carbocycles. The Labute approximate surface area is 105 Å². The van der Waals surface area contributed by atoms with Gasteiger partial charge in [-0.25, -0.2) is 0 Å². The molecule has 0 aromatic rings. The molecule has 1 saturated heterocycles. The minimum Gasteiger partial charge on any atom is -0.317 e. The number of nitrogens with one attached hydrogen (secondary N) is 1. The van der Waals surface area contributed by atoms with Gasteiger partial charge in [0, 0.05) is 11.8 Å². The summed E-state index contributed by atoms with van der Waals surface area (Å²) in [7, 11) is 0. The zero-order valence-corrected chi connectivity index (χ0v) is 11.0. The molecule has 0 radical (unpaired) electrons. The van der Waals surface area contributed by atoms with E-state index in [-0.39, 0.29) is 0 Å². The van der Waals surface area contributed by atoms with Crippen LogP contribution in [0.15, 0.2) is 0 Å². The van der Waals surface area contributed by atoms with Crippen LogP contribution in [0.25, 0.3) is 0 Å². The molecule has 1 unspecified atom stereocenters. The summed E-state index contributed by atoms with van der Waals surface area (Å²) in [5, 5.41) is 3.41. The Morgan fingerprint density at radius 1 is 1.12 bits per heavy atom. The van der Waals surface area contributed by atoms with Crippen LogP contribution in [0.2, 0.25) is 0 Å². The van der Waals surface area contributed by atoms with Gasteiger partial charge in [0.2, 0.25) is 0 Å². The first-order chi connectivity index (χ1) is 8.21. The number of Topliss-reactive ketones (excluding diaryl/α,β-unsaturated/α-hetero) is 1. The van der Waals surface area contributed by atoms with E-state index in [0.717, 1.165) is 19.0 Å². The topological polar surface area (TPSA) is 29.1 Å². The summed E-state index contributed by atoms with van der Waals surface area (Å²) in [6, 6.07) is 0. The maximum absolute atomic E-state index is 12.5.